The summed E-state index contributed by atoms with van der Waals surface area (Å²) in [5.41, 5.74) is 4.37. The number of fused-ring (bicyclic) bond motifs is 2. The van der Waals surface area contributed by atoms with Gasteiger partial charge in [0.05, 0.1) is 0 Å². The number of ether oxygens (including phenoxy) is 3. The van der Waals surface area contributed by atoms with Gasteiger partial charge in [0.15, 0.2) is 13.5 Å². The molecule has 0 spiro atoms. The molecule has 5 nitrogen and oxygen atoms in total. The topological polar surface area (TPSA) is 34.2 Å². The zero-order valence-electron chi connectivity index (χ0n) is 18.0. The molecule has 2 heterocycles. The lowest BCUT2D eigenvalue weighted by atomic mass is 10.1. The molecule has 0 unspecified atom stereocenters. The smallest absolute Gasteiger partial charge is 0.161 e. The number of allylic oxidation sites excluding steroid dienone is 6. The Labute approximate surface area is 188 Å². The highest BCUT2D eigenvalue weighted by atomic mass is 16.5. The van der Waals surface area contributed by atoms with Crippen molar-refractivity contribution in [2.45, 2.75) is 19.5 Å². The molecule has 162 valence electrons. The van der Waals surface area contributed by atoms with Gasteiger partial charge in [0, 0.05) is 35.6 Å². The minimum absolute atomic E-state index is 0.478. The summed E-state index contributed by atoms with van der Waals surface area (Å²) in [7, 11) is 0. The van der Waals surface area contributed by atoms with Crippen molar-refractivity contribution >= 4 is 0 Å². The highest BCUT2D eigenvalue weighted by Crippen LogP contribution is 2.35. The second-order valence-electron chi connectivity index (χ2n) is 7.88. The van der Waals surface area contributed by atoms with E-state index in [4.69, 9.17) is 14.2 Å². The average molecular weight is 427 g/mol. The molecule has 0 atom stereocenters. The quantitative estimate of drug-likeness (QED) is 0.539. The van der Waals surface area contributed by atoms with Crippen LogP contribution in [0.25, 0.3) is 0 Å². The third-order valence-corrected chi connectivity index (χ3v) is 5.75. The van der Waals surface area contributed by atoms with Crippen LogP contribution in [-0.2, 0) is 13.1 Å². The molecule has 0 bridgehead atoms. The fraction of sp³-hybridized carbons (Fsp3) is 0.185. The third kappa shape index (κ3) is 4.02. The number of rotatable bonds is 6. The zero-order valence-corrected chi connectivity index (χ0v) is 18.0. The molecule has 0 aromatic heterocycles. The molecule has 5 rings (SSSR count). The van der Waals surface area contributed by atoms with Gasteiger partial charge in [-0.1, -0.05) is 31.4 Å². The normalized spacial score (nSPS) is 17.0. The molecule has 0 N–H and O–H groups in total. The summed E-state index contributed by atoms with van der Waals surface area (Å²) in [5.74, 6) is 3.36. The van der Waals surface area contributed by atoms with Crippen molar-refractivity contribution in [1.82, 2.24) is 9.80 Å². The van der Waals surface area contributed by atoms with Crippen LogP contribution in [0.2, 0.25) is 0 Å². The first-order valence-electron chi connectivity index (χ1n) is 10.7. The van der Waals surface area contributed by atoms with Gasteiger partial charge in [-0.2, -0.15) is 0 Å². The Bertz CT molecular complexity index is 1150. The number of hydrogen-bond acceptors (Lipinski definition) is 5. The Morgan fingerprint density at radius 2 is 1.66 bits per heavy atom. The van der Waals surface area contributed by atoms with Crippen LogP contribution in [0, 0.1) is 0 Å². The fourth-order valence-electron chi connectivity index (χ4n) is 4.14. The maximum Gasteiger partial charge on any atom is 0.161 e. The molecule has 2 aromatic carbocycles. The lowest BCUT2D eigenvalue weighted by molar-refractivity contribution is 0.131. The summed E-state index contributed by atoms with van der Waals surface area (Å²) >= 11 is 0. The summed E-state index contributed by atoms with van der Waals surface area (Å²) in [6, 6.07) is 11.9. The number of nitrogens with zero attached hydrogens (tertiary/aromatic N) is 2. The van der Waals surface area contributed by atoms with E-state index in [0.717, 1.165) is 52.8 Å². The first kappa shape index (κ1) is 20.1. The average Bonchev–Trinajstić information content (AvgIpc) is 3.37. The Kier molecular flexibility index (Phi) is 5.46. The van der Waals surface area contributed by atoms with E-state index in [1.54, 1.807) is 6.08 Å². The van der Waals surface area contributed by atoms with Crippen LogP contribution in [0.3, 0.4) is 0 Å². The van der Waals surface area contributed by atoms with E-state index in [1.807, 2.05) is 42.5 Å². The summed E-state index contributed by atoms with van der Waals surface area (Å²) < 4.78 is 18.1. The summed E-state index contributed by atoms with van der Waals surface area (Å²) in [6.45, 7) is 10.2. The van der Waals surface area contributed by atoms with Crippen LogP contribution in [0.5, 0.6) is 23.0 Å². The minimum Gasteiger partial charge on any atom is -0.473 e. The van der Waals surface area contributed by atoms with Gasteiger partial charge in [0.25, 0.3) is 0 Å². The SMILES string of the molecule is C=C/C=C(\C=C)N1COc2ccc(Oc3ccc4c(c3)CN(C3=CCC=C3)CO4)cc2C1. The molecule has 5 heteroatoms. The van der Waals surface area contributed by atoms with Crippen LogP contribution in [0.4, 0.5) is 0 Å². The van der Waals surface area contributed by atoms with Crippen molar-refractivity contribution in [2.75, 3.05) is 13.5 Å². The van der Waals surface area contributed by atoms with E-state index >= 15 is 0 Å². The maximum absolute atomic E-state index is 6.21. The van der Waals surface area contributed by atoms with E-state index in [0.29, 0.717) is 20.0 Å². The van der Waals surface area contributed by atoms with E-state index in [9.17, 15) is 0 Å². The molecule has 2 aliphatic heterocycles. The van der Waals surface area contributed by atoms with Crippen LogP contribution < -0.4 is 14.2 Å². The lowest BCUT2D eigenvalue weighted by Gasteiger charge is -2.32. The van der Waals surface area contributed by atoms with E-state index < -0.39 is 0 Å². The second kappa shape index (κ2) is 8.71. The van der Waals surface area contributed by atoms with Crippen molar-refractivity contribution < 1.29 is 14.2 Å². The first-order valence-corrected chi connectivity index (χ1v) is 10.7. The van der Waals surface area contributed by atoms with E-state index in [2.05, 4.69) is 47.3 Å². The first-order chi connectivity index (χ1) is 15.7. The second-order valence-corrected chi connectivity index (χ2v) is 7.88. The molecule has 0 amide bonds. The monoisotopic (exact) mass is 426 g/mol. The van der Waals surface area contributed by atoms with Gasteiger partial charge in [0.2, 0.25) is 0 Å². The van der Waals surface area contributed by atoms with Gasteiger partial charge in [-0.3, -0.25) is 0 Å². The molecule has 0 saturated carbocycles. The molecule has 2 aromatic rings. The molecule has 1 aliphatic carbocycles. The van der Waals surface area contributed by atoms with Crippen molar-refractivity contribution in [2.24, 2.45) is 0 Å². The third-order valence-electron chi connectivity index (χ3n) is 5.75. The van der Waals surface area contributed by atoms with Crippen molar-refractivity contribution in [1.29, 1.82) is 0 Å². The van der Waals surface area contributed by atoms with Crippen LogP contribution in [-0.4, -0.2) is 23.3 Å². The molecule has 0 fully saturated rings. The van der Waals surface area contributed by atoms with Crippen LogP contribution in [0.1, 0.15) is 17.5 Å². The van der Waals surface area contributed by atoms with Gasteiger partial charge < -0.3 is 24.0 Å². The minimum atomic E-state index is 0.478. The Morgan fingerprint density at radius 3 is 2.31 bits per heavy atom. The molecule has 0 radical (unpaired) electrons. The van der Waals surface area contributed by atoms with Gasteiger partial charge in [-0.05, 0) is 61.0 Å². The molecular weight excluding hydrogens is 400 g/mol. The molecule has 32 heavy (non-hydrogen) atoms. The summed E-state index contributed by atoms with van der Waals surface area (Å²) in [6.07, 6.45) is 13.0. The Balaban J connectivity index is 1.33. The van der Waals surface area contributed by atoms with E-state index in [-0.39, 0.29) is 0 Å². The largest absolute Gasteiger partial charge is 0.473 e. The maximum atomic E-state index is 6.21. The van der Waals surface area contributed by atoms with Gasteiger partial charge in [-0.15, -0.1) is 0 Å². The molecule has 0 saturated heterocycles. The zero-order chi connectivity index (χ0) is 21.9. The van der Waals surface area contributed by atoms with E-state index in [1.165, 1.54) is 5.70 Å². The number of hydrogen-bond donors (Lipinski definition) is 0. The van der Waals surface area contributed by atoms with Crippen LogP contribution in [0.15, 0.2) is 97.4 Å². The van der Waals surface area contributed by atoms with Gasteiger partial charge >= 0.3 is 0 Å². The highest BCUT2D eigenvalue weighted by Gasteiger charge is 2.21. The van der Waals surface area contributed by atoms with Crippen LogP contribution >= 0.6 is 0 Å². The predicted octanol–water partition coefficient (Wildman–Crippen LogP) is 5.88. The van der Waals surface area contributed by atoms with Gasteiger partial charge in [-0.25, -0.2) is 0 Å². The number of benzene rings is 2. The Hall–Kier alpha value is -3.86. The van der Waals surface area contributed by atoms with Crippen molar-refractivity contribution in [3.8, 4) is 23.0 Å². The summed E-state index contributed by atoms with van der Waals surface area (Å²) in [4.78, 5) is 4.34. The summed E-state index contributed by atoms with van der Waals surface area (Å²) in [5, 5.41) is 0. The van der Waals surface area contributed by atoms with Crippen molar-refractivity contribution in [3.05, 3.63) is 109 Å². The fourth-order valence-corrected chi connectivity index (χ4v) is 4.14. The lowest BCUT2D eigenvalue weighted by Crippen LogP contribution is -2.30. The van der Waals surface area contributed by atoms with Crippen molar-refractivity contribution in [3.63, 3.8) is 0 Å². The standard InChI is InChI=1S/C27H26N2O3/c1-3-7-22(4-2)28-16-20-14-24(10-12-26(20)30-18-28)32-25-11-13-27-21(15-25)17-29(19-31-27)23-8-5-6-9-23/h3-5,7-15H,1-2,6,16-19H2/b22-7+. The predicted molar refractivity (Wildman–Crippen MR) is 125 cm³/mol. The molecular formula is C27H26N2O3. The molecule has 3 aliphatic rings. The van der Waals surface area contributed by atoms with Gasteiger partial charge in [0.1, 0.15) is 23.0 Å². The Morgan fingerprint density at radius 1 is 0.938 bits per heavy atom. The highest BCUT2D eigenvalue weighted by molar-refractivity contribution is 5.46.